The molecule has 3 heteroatoms. The molecule has 0 aliphatic rings. The van der Waals surface area contributed by atoms with Crippen LogP contribution in [-0.2, 0) is 0 Å². The van der Waals surface area contributed by atoms with E-state index in [0.29, 0.717) is 0 Å². The third-order valence-corrected chi connectivity index (χ3v) is 4.61. The summed E-state index contributed by atoms with van der Waals surface area (Å²) in [5.74, 6) is 0. The minimum Gasteiger partial charge on any atom is -0.372 e. The summed E-state index contributed by atoms with van der Waals surface area (Å²) in [5.41, 5.74) is 3.55. The lowest BCUT2D eigenvalue weighted by atomic mass is 10.2. The molecule has 0 amide bonds. The van der Waals surface area contributed by atoms with Crippen molar-refractivity contribution in [2.45, 2.75) is 13.8 Å². The molecule has 0 spiro atoms. The lowest BCUT2D eigenvalue weighted by Gasteiger charge is -2.20. The topological polar surface area (TPSA) is 16.1 Å². The summed E-state index contributed by atoms with van der Waals surface area (Å²) in [6.45, 7) is 6.42. The molecule has 0 saturated carbocycles. The zero-order chi connectivity index (χ0) is 13.9. The van der Waals surface area contributed by atoms with E-state index in [4.69, 9.17) is 4.98 Å². The maximum Gasteiger partial charge on any atom is 0.124 e. The first-order valence-electron chi connectivity index (χ1n) is 7.02. The summed E-state index contributed by atoms with van der Waals surface area (Å²) in [4.78, 5) is 7.13. The highest BCUT2D eigenvalue weighted by molar-refractivity contribution is 7.21. The second kappa shape index (κ2) is 5.63. The molecule has 1 aromatic heterocycles. The Labute approximate surface area is 123 Å². The van der Waals surface area contributed by atoms with Gasteiger partial charge in [-0.25, -0.2) is 4.98 Å². The molecule has 3 aromatic rings. The Morgan fingerprint density at radius 2 is 1.75 bits per heavy atom. The lowest BCUT2D eigenvalue weighted by Crippen LogP contribution is -2.21. The predicted molar refractivity (Wildman–Crippen MR) is 88.6 cm³/mol. The van der Waals surface area contributed by atoms with Crippen LogP contribution in [0.1, 0.15) is 13.8 Å². The van der Waals surface area contributed by atoms with Crippen molar-refractivity contribution in [2.24, 2.45) is 0 Å². The molecule has 0 aliphatic heterocycles. The highest BCUT2D eigenvalue weighted by Crippen LogP contribution is 2.32. The van der Waals surface area contributed by atoms with Crippen LogP contribution in [0, 0.1) is 0 Å². The van der Waals surface area contributed by atoms with Gasteiger partial charge in [0.2, 0.25) is 0 Å². The van der Waals surface area contributed by atoms with E-state index >= 15 is 0 Å². The van der Waals surface area contributed by atoms with Crippen molar-refractivity contribution in [2.75, 3.05) is 18.0 Å². The van der Waals surface area contributed by atoms with Gasteiger partial charge in [0, 0.05) is 24.3 Å². The molecule has 2 nitrogen and oxygen atoms in total. The third-order valence-electron chi connectivity index (χ3n) is 3.52. The number of anilines is 1. The van der Waals surface area contributed by atoms with Crippen molar-refractivity contribution < 1.29 is 0 Å². The molecule has 20 heavy (non-hydrogen) atoms. The zero-order valence-electron chi connectivity index (χ0n) is 11.8. The SMILES string of the molecule is CCN(CC)c1ccc2sc(-c3ccccc3)nc2c1. The van der Waals surface area contributed by atoms with Crippen LogP contribution >= 0.6 is 11.3 Å². The molecule has 0 saturated heterocycles. The Morgan fingerprint density at radius 1 is 1.00 bits per heavy atom. The second-order valence-electron chi connectivity index (χ2n) is 4.71. The van der Waals surface area contributed by atoms with Gasteiger partial charge in [0.05, 0.1) is 10.2 Å². The van der Waals surface area contributed by atoms with Crippen molar-refractivity contribution in [3.8, 4) is 10.6 Å². The van der Waals surface area contributed by atoms with Gasteiger partial charge in [-0.1, -0.05) is 30.3 Å². The van der Waals surface area contributed by atoms with Crippen molar-refractivity contribution in [3.05, 3.63) is 48.5 Å². The van der Waals surface area contributed by atoms with Crippen LogP contribution in [0.15, 0.2) is 48.5 Å². The number of rotatable bonds is 4. The second-order valence-corrected chi connectivity index (χ2v) is 5.74. The summed E-state index contributed by atoms with van der Waals surface area (Å²) < 4.78 is 1.25. The highest BCUT2D eigenvalue weighted by Gasteiger charge is 2.08. The fourth-order valence-corrected chi connectivity index (χ4v) is 3.36. The number of hydrogen-bond acceptors (Lipinski definition) is 3. The first-order chi connectivity index (χ1) is 9.81. The molecule has 1 heterocycles. The van der Waals surface area contributed by atoms with Crippen molar-refractivity contribution in [1.82, 2.24) is 4.98 Å². The molecular formula is C17H18N2S. The zero-order valence-corrected chi connectivity index (χ0v) is 12.7. The smallest absolute Gasteiger partial charge is 0.124 e. The quantitative estimate of drug-likeness (QED) is 0.682. The van der Waals surface area contributed by atoms with E-state index in [1.165, 1.54) is 16.0 Å². The van der Waals surface area contributed by atoms with Crippen LogP contribution in [-0.4, -0.2) is 18.1 Å². The summed E-state index contributed by atoms with van der Waals surface area (Å²) >= 11 is 1.76. The van der Waals surface area contributed by atoms with E-state index in [0.717, 1.165) is 23.6 Å². The van der Waals surface area contributed by atoms with Gasteiger partial charge in [0.15, 0.2) is 0 Å². The molecule has 0 N–H and O–H groups in total. The Hall–Kier alpha value is -1.87. The number of nitrogens with zero attached hydrogens (tertiary/aromatic N) is 2. The summed E-state index contributed by atoms with van der Waals surface area (Å²) in [6, 6.07) is 17.0. The standard InChI is InChI=1S/C17H18N2S/c1-3-19(4-2)14-10-11-16-15(12-14)18-17(20-16)13-8-6-5-7-9-13/h5-12H,3-4H2,1-2H3. The molecule has 2 aromatic carbocycles. The van der Waals surface area contributed by atoms with Crippen LogP contribution in [0.4, 0.5) is 5.69 Å². The minimum atomic E-state index is 1.03. The van der Waals surface area contributed by atoms with E-state index in [9.17, 15) is 0 Å². The average Bonchev–Trinajstić information content (AvgIpc) is 2.93. The molecule has 0 radical (unpaired) electrons. The van der Waals surface area contributed by atoms with Gasteiger partial charge >= 0.3 is 0 Å². The molecule has 0 aliphatic carbocycles. The predicted octanol–water partition coefficient (Wildman–Crippen LogP) is 4.81. The molecule has 0 fully saturated rings. The van der Waals surface area contributed by atoms with Crippen LogP contribution in [0.3, 0.4) is 0 Å². The maximum atomic E-state index is 4.79. The lowest BCUT2D eigenvalue weighted by molar-refractivity contribution is 0.867. The van der Waals surface area contributed by atoms with E-state index in [1.54, 1.807) is 11.3 Å². The normalized spacial score (nSPS) is 10.9. The van der Waals surface area contributed by atoms with Crippen LogP contribution in [0.5, 0.6) is 0 Å². The van der Waals surface area contributed by atoms with Gasteiger partial charge in [0.25, 0.3) is 0 Å². The number of hydrogen-bond donors (Lipinski definition) is 0. The van der Waals surface area contributed by atoms with E-state index in [1.807, 2.05) is 6.07 Å². The van der Waals surface area contributed by atoms with Gasteiger partial charge in [-0.2, -0.15) is 0 Å². The number of thiazole rings is 1. The summed E-state index contributed by atoms with van der Waals surface area (Å²) in [6.07, 6.45) is 0. The molecule has 102 valence electrons. The maximum absolute atomic E-state index is 4.79. The number of fused-ring (bicyclic) bond motifs is 1. The highest BCUT2D eigenvalue weighted by atomic mass is 32.1. The molecule has 0 atom stereocenters. The van der Waals surface area contributed by atoms with Gasteiger partial charge in [-0.15, -0.1) is 11.3 Å². The van der Waals surface area contributed by atoms with E-state index in [-0.39, 0.29) is 0 Å². The van der Waals surface area contributed by atoms with Gasteiger partial charge < -0.3 is 4.90 Å². The molecule has 0 unspecified atom stereocenters. The Morgan fingerprint density at radius 3 is 2.45 bits per heavy atom. The average molecular weight is 282 g/mol. The Balaban J connectivity index is 2.04. The largest absolute Gasteiger partial charge is 0.372 e. The first-order valence-corrected chi connectivity index (χ1v) is 7.84. The van der Waals surface area contributed by atoms with Crippen molar-refractivity contribution in [1.29, 1.82) is 0 Å². The molecule has 3 rings (SSSR count). The van der Waals surface area contributed by atoms with Crippen LogP contribution in [0.2, 0.25) is 0 Å². The van der Waals surface area contributed by atoms with Crippen molar-refractivity contribution >= 4 is 27.2 Å². The first kappa shape index (κ1) is 13.1. The van der Waals surface area contributed by atoms with Crippen LogP contribution < -0.4 is 4.90 Å². The summed E-state index contributed by atoms with van der Waals surface area (Å²) in [5, 5.41) is 1.09. The van der Waals surface area contributed by atoms with E-state index in [2.05, 4.69) is 61.2 Å². The van der Waals surface area contributed by atoms with Gasteiger partial charge in [0.1, 0.15) is 5.01 Å². The fourth-order valence-electron chi connectivity index (χ4n) is 2.41. The third kappa shape index (κ3) is 2.41. The summed E-state index contributed by atoms with van der Waals surface area (Å²) in [7, 11) is 0. The Bertz CT molecular complexity index is 699. The molecular weight excluding hydrogens is 264 g/mol. The number of aromatic nitrogens is 1. The number of benzene rings is 2. The van der Waals surface area contributed by atoms with Gasteiger partial charge in [-0.05, 0) is 32.0 Å². The van der Waals surface area contributed by atoms with Crippen molar-refractivity contribution in [3.63, 3.8) is 0 Å². The monoisotopic (exact) mass is 282 g/mol. The van der Waals surface area contributed by atoms with E-state index < -0.39 is 0 Å². The minimum absolute atomic E-state index is 1.03. The fraction of sp³-hybridized carbons (Fsp3) is 0.235. The molecule has 0 bridgehead atoms. The Kier molecular flexibility index (Phi) is 3.70. The van der Waals surface area contributed by atoms with Gasteiger partial charge in [-0.3, -0.25) is 0 Å². The van der Waals surface area contributed by atoms with Crippen LogP contribution in [0.25, 0.3) is 20.8 Å².